The van der Waals surface area contributed by atoms with E-state index in [1.54, 1.807) is 14.0 Å². The Kier molecular flexibility index (Phi) is 6.37. The van der Waals surface area contributed by atoms with Crippen molar-refractivity contribution >= 4 is 5.91 Å². The SMILES string of the molecule is COCCONC(C)C(=O)NC1CCCC1. The van der Waals surface area contributed by atoms with E-state index in [0.29, 0.717) is 19.3 Å². The minimum absolute atomic E-state index is 0.00400. The van der Waals surface area contributed by atoms with Crippen LogP contribution in [0.4, 0.5) is 0 Å². The molecule has 1 amide bonds. The molecule has 1 rings (SSSR count). The average molecular weight is 230 g/mol. The van der Waals surface area contributed by atoms with E-state index in [4.69, 9.17) is 9.57 Å². The van der Waals surface area contributed by atoms with Gasteiger partial charge in [-0.1, -0.05) is 12.8 Å². The Hall–Kier alpha value is -0.650. The number of nitrogens with one attached hydrogen (secondary N) is 2. The lowest BCUT2D eigenvalue weighted by Crippen LogP contribution is -2.45. The molecule has 0 heterocycles. The molecule has 1 unspecified atom stereocenters. The summed E-state index contributed by atoms with van der Waals surface area (Å²) >= 11 is 0. The summed E-state index contributed by atoms with van der Waals surface area (Å²) in [6.07, 6.45) is 4.64. The number of carbonyl (C=O) groups excluding carboxylic acids is 1. The fourth-order valence-corrected chi connectivity index (χ4v) is 1.76. The molecule has 1 aliphatic carbocycles. The Bertz CT molecular complexity index is 205. The largest absolute Gasteiger partial charge is 0.382 e. The summed E-state index contributed by atoms with van der Waals surface area (Å²) in [4.78, 5) is 16.8. The number of amides is 1. The van der Waals surface area contributed by atoms with Crippen LogP contribution in [0.15, 0.2) is 0 Å². The lowest BCUT2D eigenvalue weighted by molar-refractivity contribution is -0.128. The molecule has 1 saturated carbocycles. The van der Waals surface area contributed by atoms with Crippen LogP contribution in [-0.4, -0.2) is 38.3 Å². The zero-order valence-electron chi connectivity index (χ0n) is 10.1. The van der Waals surface area contributed by atoms with Crippen LogP contribution in [0.1, 0.15) is 32.6 Å². The summed E-state index contributed by atoms with van der Waals surface area (Å²) in [5, 5.41) is 3.01. The van der Waals surface area contributed by atoms with Gasteiger partial charge >= 0.3 is 0 Å². The van der Waals surface area contributed by atoms with Gasteiger partial charge in [0.25, 0.3) is 0 Å². The lowest BCUT2D eigenvalue weighted by Gasteiger charge is -2.17. The van der Waals surface area contributed by atoms with Crippen molar-refractivity contribution in [3.63, 3.8) is 0 Å². The zero-order chi connectivity index (χ0) is 11.8. The van der Waals surface area contributed by atoms with Crippen LogP contribution in [0.3, 0.4) is 0 Å². The van der Waals surface area contributed by atoms with Crippen LogP contribution in [0, 0.1) is 0 Å². The minimum Gasteiger partial charge on any atom is -0.382 e. The molecule has 5 nitrogen and oxygen atoms in total. The topological polar surface area (TPSA) is 59.6 Å². The van der Waals surface area contributed by atoms with E-state index in [-0.39, 0.29) is 11.9 Å². The number of hydroxylamine groups is 1. The molecule has 0 bridgehead atoms. The van der Waals surface area contributed by atoms with Crippen LogP contribution in [0.2, 0.25) is 0 Å². The van der Waals surface area contributed by atoms with E-state index >= 15 is 0 Å². The molecule has 1 atom stereocenters. The Morgan fingerprint density at radius 2 is 2.06 bits per heavy atom. The first-order valence-electron chi connectivity index (χ1n) is 5.90. The van der Waals surface area contributed by atoms with Crippen molar-refractivity contribution in [1.82, 2.24) is 10.8 Å². The van der Waals surface area contributed by atoms with Crippen molar-refractivity contribution < 1.29 is 14.4 Å². The van der Waals surface area contributed by atoms with E-state index in [2.05, 4.69) is 10.8 Å². The number of hydrogen-bond acceptors (Lipinski definition) is 4. The fraction of sp³-hybridized carbons (Fsp3) is 0.909. The maximum Gasteiger partial charge on any atom is 0.239 e. The van der Waals surface area contributed by atoms with Gasteiger partial charge in [0.2, 0.25) is 5.91 Å². The highest BCUT2D eigenvalue weighted by Crippen LogP contribution is 2.17. The molecule has 16 heavy (non-hydrogen) atoms. The molecule has 0 aromatic heterocycles. The Balaban J connectivity index is 2.09. The van der Waals surface area contributed by atoms with Crippen molar-refractivity contribution in [2.45, 2.75) is 44.7 Å². The first-order chi connectivity index (χ1) is 7.74. The standard InChI is InChI=1S/C11H22N2O3/c1-9(13-16-8-7-15-2)11(14)12-10-5-3-4-6-10/h9-10,13H,3-8H2,1-2H3,(H,12,14). The van der Waals surface area contributed by atoms with Crippen LogP contribution >= 0.6 is 0 Å². The van der Waals surface area contributed by atoms with E-state index in [0.717, 1.165) is 12.8 Å². The lowest BCUT2D eigenvalue weighted by atomic mass is 10.2. The van der Waals surface area contributed by atoms with E-state index < -0.39 is 0 Å². The minimum atomic E-state index is -0.322. The van der Waals surface area contributed by atoms with Crippen molar-refractivity contribution in [2.24, 2.45) is 0 Å². The van der Waals surface area contributed by atoms with Gasteiger partial charge in [0.1, 0.15) is 6.04 Å². The molecule has 94 valence electrons. The number of carbonyl (C=O) groups is 1. The molecule has 5 heteroatoms. The molecule has 0 saturated heterocycles. The second-order valence-electron chi connectivity index (χ2n) is 4.17. The third-order valence-corrected chi connectivity index (χ3v) is 2.74. The molecule has 0 aliphatic heterocycles. The van der Waals surface area contributed by atoms with Gasteiger partial charge in [0, 0.05) is 13.2 Å². The fourth-order valence-electron chi connectivity index (χ4n) is 1.76. The van der Waals surface area contributed by atoms with Gasteiger partial charge in [-0.05, 0) is 19.8 Å². The molecule has 0 radical (unpaired) electrons. The van der Waals surface area contributed by atoms with E-state index in [1.165, 1.54) is 12.8 Å². The number of hydrogen-bond donors (Lipinski definition) is 2. The maximum atomic E-state index is 11.7. The first-order valence-corrected chi connectivity index (χ1v) is 5.90. The van der Waals surface area contributed by atoms with Gasteiger partial charge in [-0.3, -0.25) is 9.63 Å². The third-order valence-electron chi connectivity index (χ3n) is 2.74. The summed E-state index contributed by atoms with van der Waals surface area (Å²) in [6.45, 7) is 2.75. The summed E-state index contributed by atoms with van der Waals surface area (Å²) in [5.74, 6) is 0.00400. The molecule has 1 aliphatic rings. The third kappa shape index (κ3) is 4.92. The summed E-state index contributed by atoms with van der Waals surface area (Å²) in [5.41, 5.74) is 2.70. The van der Waals surface area contributed by atoms with Crippen molar-refractivity contribution in [2.75, 3.05) is 20.3 Å². The van der Waals surface area contributed by atoms with Gasteiger partial charge in [-0.15, -0.1) is 0 Å². The Morgan fingerprint density at radius 3 is 2.69 bits per heavy atom. The summed E-state index contributed by atoms with van der Waals surface area (Å²) in [7, 11) is 1.61. The predicted octanol–water partition coefficient (Wildman–Crippen LogP) is 0.601. The van der Waals surface area contributed by atoms with Gasteiger partial charge in [0.15, 0.2) is 0 Å². The Labute approximate surface area is 96.8 Å². The van der Waals surface area contributed by atoms with Gasteiger partial charge in [0.05, 0.1) is 13.2 Å². The van der Waals surface area contributed by atoms with Crippen LogP contribution in [0.25, 0.3) is 0 Å². The monoisotopic (exact) mass is 230 g/mol. The quantitative estimate of drug-likeness (QED) is 0.497. The maximum absolute atomic E-state index is 11.7. The van der Waals surface area contributed by atoms with Crippen LogP contribution < -0.4 is 10.8 Å². The Morgan fingerprint density at radius 1 is 1.38 bits per heavy atom. The van der Waals surface area contributed by atoms with Gasteiger partial charge in [-0.2, -0.15) is 5.48 Å². The van der Waals surface area contributed by atoms with Crippen molar-refractivity contribution in [3.05, 3.63) is 0 Å². The average Bonchev–Trinajstić information content (AvgIpc) is 2.76. The first kappa shape index (κ1) is 13.4. The highest BCUT2D eigenvalue weighted by molar-refractivity contribution is 5.81. The predicted molar refractivity (Wildman–Crippen MR) is 60.8 cm³/mol. The molecule has 0 aromatic rings. The smallest absolute Gasteiger partial charge is 0.239 e. The van der Waals surface area contributed by atoms with Crippen LogP contribution in [-0.2, 0) is 14.4 Å². The van der Waals surface area contributed by atoms with Crippen molar-refractivity contribution in [1.29, 1.82) is 0 Å². The normalized spacial score (nSPS) is 18.6. The molecule has 0 spiro atoms. The van der Waals surface area contributed by atoms with E-state index in [9.17, 15) is 4.79 Å². The molecule has 0 aromatic carbocycles. The van der Waals surface area contributed by atoms with Crippen molar-refractivity contribution in [3.8, 4) is 0 Å². The second kappa shape index (κ2) is 7.60. The zero-order valence-corrected chi connectivity index (χ0v) is 10.1. The second-order valence-corrected chi connectivity index (χ2v) is 4.17. The number of ether oxygens (including phenoxy) is 1. The summed E-state index contributed by atoms with van der Waals surface area (Å²) < 4.78 is 4.83. The highest BCUT2D eigenvalue weighted by Gasteiger charge is 2.20. The highest BCUT2D eigenvalue weighted by atomic mass is 16.7. The van der Waals surface area contributed by atoms with Gasteiger partial charge < -0.3 is 10.1 Å². The van der Waals surface area contributed by atoms with E-state index in [1.807, 2.05) is 0 Å². The number of methoxy groups -OCH3 is 1. The summed E-state index contributed by atoms with van der Waals surface area (Å²) in [6, 6.07) is 0.0354. The molecular formula is C11H22N2O3. The number of rotatable bonds is 7. The molecule has 2 N–H and O–H groups in total. The molecular weight excluding hydrogens is 208 g/mol. The van der Waals surface area contributed by atoms with Crippen LogP contribution in [0.5, 0.6) is 0 Å². The molecule has 1 fully saturated rings. The van der Waals surface area contributed by atoms with Gasteiger partial charge in [-0.25, -0.2) is 0 Å².